The highest BCUT2D eigenvalue weighted by Gasteiger charge is 2.27. The molecule has 0 saturated carbocycles. The zero-order valence-electron chi connectivity index (χ0n) is 15.5. The number of aryl methyl sites for hydroxylation is 2. The highest BCUT2D eigenvalue weighted by molar-refractivity contribution is 7.99. The van der Waals surface area contributed by atoms with Gasteiger partial charge < -0.3 is 14.5 Å². The Bertz CT molecular complexity index is 816. The van der Waals surface area contributed by atoms with Gasteiger partial charge >= 0.3 is 5.97 Å². The fourth-order valence-corrected chi connectivity index (χ4v) is 4.85. The number of amides is 1. The second-order valence-corrected chi connectivity index (χ2v) is 8.22. The molecule has 2 aromatic heterocycles. The van der Waals surface area contributed by atoms with Gasteiger partial charge in [-0.1, -0.05) is 18.7 Å². The van der Waals surface area contributed by atoms with Gasteiger partial charge in [0, 0.05) is 11.3 Å². The minimum atomic E-state index is -0.360. The highest BCUT2D eigenvalue weighted by Crippen LogP contribution is 2.38. The molecule has 0 aliphatic heterocycles. The minimum absolute atomic E-state index is 0.137. The van der Waals surface area contributed by atoms with Crippen molar-refractivity contribution in [2.24, 2.45) is 0 Å². The van der Waals surface area contributed by atoms with Crippen LogP contribution in [0.1, 0.15) is 59.8 Å². The third-order valence-corrected chi connectivity index (χ3v) is 6.17. The summed E-state index contributed by atoms with van der Waals surface area (Å²) in [4.78, 5) is 26.0. The molecule has 1 amide bonds. The quantitative estimate of drug-likeness (QED) is 0.522. The molecule has 0 radical (unpaired) electrons. The number of nitrogens with zero attached hydrogens (tertiary/aromatic N) is 2. The zero-order chi connectivity index (χ0) is 19.2. The summed E-state index contributed by atoms with van der Waals surface area (Å²) in [5.74, 6) is 0.148. The molecule has 1 aliphatic carbocycles. The molecule has 0 saturated heterocycles. The molecule has 0 bridgehead atoms. The number of ether oxygens (including phenoxy) is 1. The zero-order valence-corrected chi connectivity index (χ0v) is 17.1. The number of nitrogens with one attached hydrogen (secondary N) is 1. The van der Waals surface area contributed by atoms with E-state index in [1.165, 1.54) is 28.0 Å². The highest BCUT2D eigenvalue weighted by atomic mass is 32.2. The molecule has 1 aliphatic rings. The Morgan fingerprint density at radius 2 is 2.07 bits per heavy atom. The SMILES string of the molecule is CCCc1nnc(SCC(=O)Nc2sc3c(c2C(=O)OCC)CCCC3)o1. The van der Waals surface area contributed by atoms with E-state index in [-0.39, 0.29) is 17.6 Å². The van der Waals surface area contributed by atoms with Crippen molar-refractivity contribution in [1.82, 2.24) is 10.2 Å². The van der Waals surface area contributed by atoms with Gasteiger partial charge in [0.05, 0.1) is 17.9 Å². The number of rotatable bonds is 8. The number of anilines is 1. The molecule has 7 nitrogen and oxygen atoms in total. The van der Waals surface area contributed by atoms with Crippen molar-refractivity contribution in [2.75, 3.05) is 17.7 Å². The van der Waals surface area contributed by atoms with Crippen LogP contribution >= 0.6 is 23.1 Å². The van der Waals surface area contributed by atoms with Crippen LogP contribution in [0.4, 0.5) is 5.00 Å². The maximum Gasteiger partial charge on any atom is 0.341 e. The van der Waals surface area contributed by atoms with E-state index >= 15 is 0 Å². The third kappa shape index (κ3) is 4.90. The predicted molar refractivity (Wildman–Crippen MR) is 105 cm³/mol. The van der Waals surface area contributed by atoms with Gasteiger partial charge in [0.25, 0.3) is 5.22 Å². The lowest BCUT2D eigenvalue weighted by atomic mass is 9.95. The van der Waals surface area contributed by atoms with Crippen LogP contribution < -0.4 is 5.32 Å². The maximum atomic E-state index is 12.4. The minimum Gasteiger partial charge on any atom is -0.462 e. The fraction of sp³-hybridized carbons (Fsp3) is 0.556. The first-order chi connectivity index (χ1) is 13.1. The Morgan fingerprint density at radius 3 is 2.85 bits per heavy atom. The standard InChI is InChI=1S/C18H23N3O4S2/c1-3-7-14-20-21-18(25-14)26-10-13(22)19-16-15(17(23)24-4-2)11-8-5-6-9-12(11)27-16/h3-10H2,1-2H3,(H,19,22). The fourth-order valence-electron chi connectivity index (χ4n) is 2.97. The molecule has 0 spiro atoms. The van der Waals surface area contributed by atoms with E-state index < -0.39 is 0 Å². The topological polar surface area (TPSA) is 94.3 Å². The van der Waals surface area contributed by atoms with Crippen LogP contribution in [0.3, 0.4) is 0 Å². The second kappa shape index (κ2) is 9.36. The molecule has 0 unspecified atom stereocenters. The van der Waals surface area contributed by atoms with Crippen LogP contribution in [0, 0.1) is 0 Å². The second-order valence-electron chi connectivity index (χ2n) is 6.18. The number of hydrogen-bond donors (Lipinski definition) is 1. The molecule has 3 rings (SSSR count). The van der Waals surface area contributed by atoms with E-state index in [0.29, 0.717) is 28.3 Å². The number of aromatic nitrogens is 2. The van der Waals surface area contributed by atoms with Gasteiger partial charge in [-0.15, -0.1) is 21.5 Å². The van der Waals surface area contributed by atoms with E-state index in [9.17, 15) is 9.59 Å². The molecule has 2 aromatic rings. The number of fused-ring (bicyclic) bond motifs is 1. The molecule has 0 aromatic carbocycles. The van der Waals surface area contributed by atoms with E-state index in [4.69, 9.17) is 9.15 Å². The van der Waals surface area contributed by atoms with E-state index in [1.807, 2.05) is 6.92 Å². The molecular weight excluding hydrogens is 386 g/mol. The van der Waals surface area contributed by atoms with Crippen LogP contribution in [0.25, 0.3) is 0 Å². The number of thioether (sulfide) groups is 1. The lowest BCUT2D eigenvalue weighted by molar-refractivity contribution is -0.113. The lowest BCUT2D eigenvalue weighted by Crippen LogP contribution is -2.17. The van der Waals surface area contributed by atoms with Gasteiger partial charge in [0.2, 0.25) is 11.8 Å². The summed E-state index contributed by atoms with van der Waals surface area (Å²) in [5.41, 5.74) is 1.56. The summed E-state index contributed by atoms with van der Waals surface area (Å²) in [6.07, 6.45) is 5.61. The number of esters is 1. The first kappa shape index (κ1) is 19.9. The average Bonchev–Trinajstić information content (AvgIpc) is 3.24. The van der Waals surface area contributed by atoms with Crippen LogP contribution in [0.5, 0.6) is 0 Å². The van der Waals surface area contributed by atoms with Gasteiger partial charge in [-0.3, -0.25) is 4.79 Å². The van der Waals surface area contributed by atoms with E-state index in [1.54, 1.807) is 6.92 Å². The van der Waals surface area contributed by atoms with Crippen molar-refractivity contribution in [3.05, 3.63) is 21.9 Å². The molecule has 0 atom stereocenters. The molecule has 2 heterocycles. The van der Waals surface area contributed by atoms with Crippen molar-refractivity contribution >= 4 is 40.0 Å². The van der Waals surface area contributed by atoms with Gasteiger partial charge in [0.1, 0.15) is 5.00 Å². The normalized spacial score (nSPS) is 13.3. The molecule has 27 heavy (non-hydrogen) atoms. The predicted octanol–water partition coefficient (Wildman–Crippen LogP) is 3.87. The van der Waals surface area contributed by atoms with Crippen molar-refractivity contribution < 1.29 is 18.7 Å². The van der Waals surface area contributed by atoms with Crippen LogP contribution in [0.2, 0.25) is 0 Å². The first-order valence-electron chi connectivity index (χ1n) is 9.19. The maximum absolute atomic E-state index is 12.4. The number of thiophene rings is 1. The van der Waals surface area contributed by atoms with Gasteiger partial charge in [-0.25, -0.2) is 4.79 Å². The van der Waals surface area contributed by atoms with Crippen LogP contribution in [-0.4, -0.2) is 34.4 Å². The van der Waals surface area contributed by atoms with Crippen molar-refractivity contribution in [2.45, 2.75) is 57.6 Å². The summed E-state index contributed by atoms with van der Waals surface area (Å²) in [5, 5.41) is 11.7. The number of carbonyl (C=O) groups is 2. The third-order valence-electron chi connectivity index (χ3n) is 4.14. The first-order valence-corrected chi connectivity index (χ1v) is 11.0. The Balaban J connectivity index is 1.67. The van der Waals surface area contributed by atoms with Crippen molar-refractivity contribution in [3.63, 3.8) is 0 Å². The molecular formula is C18H23N3O4S2. The summed E-state index contributed by atoms with van der Waals surface area (Å²) in [6.45, 7) is 4.12. The van der Waals surface area contributed by atoms with E-state index in [2.05, 4.69) is 15.5 Å². The van der Waals surface area contributed by atoms with Gasteiger partial charge in [0.15, 0.2) is 0 Å². The van der Waals surface area contributed by atoms with Crippen LogP contribution in [0.15, 0.2) is 9.64 Å². The Morgan fingerprint density at radius 1 is 1.26 bits per heavy atom. The number of carbonyl (C=O) groups excluding carboxylic acids is 2. The molecule has 9 heteroatoms. The van der Waals surface area contributed by atoms with Crippen LogP contribution in [-0.2, 0) is 28.8 Å². The van der Waals surface area contributed by atoms with Gasteiger partial charge in [-0.2, -0.15) is 0 Å². The largest absolute Gasteiger partial charge is 0.462 e. The summed E-state index contributed by atoms with van der Waals surface area (Å²) in [6, 6.07) is 0. The summed E-state index contributed by atoms with van der Waals surface area (Å²) < 4.78 is 10.7. The number of hydrogen-bond acceptors (Lipinski definition) is 8. The molecule has 1 N–H and O–H groups in total. The van der Waals surface area contributed by atoms with E-state index in [0.717, 1.165) is 44.1 Å². The molecule has 146 valence electrons. The average molecular weight is 410 g/mol. The Kier molecular flexibility index (Phi) is 6.89. The monoisotopic (exact) mass is 409 g/mol. The Labute approximate surface area is 166 Å². The van der Waals surface area contributed by atoms with Gasteiger partial charge in [-0.05, 0) is 44.6 Å². The summed E-state index contributed by atoms with van der Waals surface area (Å²) in [7, 11) is 0. The van der Waals surface area contributed by atoms with Crippen molar-refractivity contribution in [1.29, 1.82) is 0 Å². The lowest BCUT2D eigenvalue weighted by Gasteiger charge is -2.12. The Hall–Kier alpha value is -1.87. The smallest absolute Gasteiger partial charge is 0.341 e. The van der Waals surface area contributed by atoms with Crippen molar-refractivity contribution in [3.8, 4) is 0 Å². The molecule has 0 fully saturated rings. The summed E-state index contributed by atoms with van der Waals surface area (Å²) >= 11 is 2.67.